The Hall–Kier alpha value is -1.68. The molecule has 0 radical (unpaired) electrons. The number of rotatable bonds is 1. The smallest absolute Gasteiger partial charge is 0.261 e. The van der Waals surface area contributed by atoms with Gasteiger partial charge in [-0.2, -0.15) is 0 Å². The lowest BCUT2D eigenvalue weighted by molar-refractivity contribution is 0.0192. The summed E-state index contributed by atoms with van der Waals surface area (Å²) in [5, 5.41) is 0. The molecule has 4 nitrogen and oxygen atoms in total. The maximum absolute atomic E-state index is 12.7. The first-order valence-corrected chi connectivity index (χ1v) is 7.98. The van der Waals surface area contributed by atoms with Crippen LogP contribution in [0.2, 0.25) is 0 Å². The first-order chi connectivity index (χ1) is 10.3. The monoisotopic (exact) mass is 284 g/mol. The van der Waals surface area contributed by atoms with Gasteiger partial charge >= 0.3 is 0 Å². The molecule has 0 aromatic heterocycles. The van der Waals surface area contributed by atoms with E-state index in [1.165, 1.54) is 12.8 Å². The third kappa shape index (κ3) is 1.93. The van der Waals surface area contributed by atoms with Gasteiger partial charge in [-0.15, -0.1) is 0 Å². The van der Waals surface area contributed by atoms with Gasteiger partial charge in [0.1, 0.15) is 0 Å². The standard InChI is InChI=1S/C17H20N2O2/c20-16-12-6-1-2-7-13(12)17(21)19(16)15-9-5-11-18-10-4-3-8-14(15)18/h1-2,6-7,14-15H,3-5,8-11H2/t14-,15-/m1/s1. The number of amides is 2. The summed E-state index contributed by atoms with van der Waals surface area (Å²) in [6.45, 7) is 2.23. The van der Waals surface area contributed by atoms with E-state index in [2.05, 4.69) is 4.90 Å². The minimum Gasteiger partial charge on any atom is -0.298 e. The van der Waals surface area contributed by atoms with Gasteiger partial charge in [0.25, 0.3) is 11.8 Å². The minimum atomic E-state index is -0.0898. The van der Waals surface area contributed by atoms with Gasteiger partial charge in [-0.05, 0) is 50.9 Å². The Morgan fingerprint density at radius 1 is 0.810 bits per heavy atom. The molecular formula is C17H20N2O2. The highest BCUT2D eigenvalue weighted by atomic mass is 16.2. The van der Waals surface area contributed by atoms with Crippen LogP contribution in [0.25, 0.3) is 0 Å². The van der Waals surface area contributed by atoms with E-state index in [0.29, 0.717) is 17.2 Å². The summed E-state index contributed by atoms with van der Waals surface area (Å²) in [4.78, 5) is 29.4. The lowest BCUT2D eigenvalue weighted by Gasteiger charge is -2.46. The van der Waals surface area contributed by atoms with Crippen molar-refractivity contribution < 1.29 is 9.59 Å². The molecule has 1 aromatic carbocycles. The maximum Gasteiger partial charge on any atom is 0.261 e. The van der Waals surface area contributed by atoms with E-state index in [1.54, 1.807) is 17.0 Å². The fourth-order valence-corrected chi connectivity index (χ4v) is 4.24. The van der Waals surface area contributed by atoms with Crippen molar-refractivity contribution in [2.45, 2.75) is 44.2 Å². The van der Waals surface area contributed by atoms with Gasteiger partial charge in [-0.3, -0.25) is 19.4 Å². The Labute approximate surface area is 124 Å². The Kier molecular flexibility index (Phi) is 3.07. The van der Waals surface area contributed by atoms with Crippen molar-refractivity contribution in [3.05, 3.63) is 35.4 Å². The average molecular weight is 284 g/mol. The third-order valence-electron chi connectivity index (χ3n) is 5.21. The van der Waals surface area contributed by atoms with Crippen molar-refractivity contribution in [1.29, 1.82) is 0 Å². The summed E-state index contributed by atoms with van der Waals surface area (Å²) in [5.41, 5.74) is 1.16. The topological polar surface area (TPSA) is 40.6 Å². The van der Waals surface area contributed by atoms with E-state index in [0.717, 1.165) is 32.4 Å². The normalized spacial score (nSPS) is 29.4. The average Bonchev–Trinajstić information content (AvgIpc) is 2.79. The van der Waals surface area contributed by atoms with E-state index in [9.17, 15) is 9.59 Å². The zero-order valence-electron chi connectivity index (χ0n) is 12.1. The van der Waals surface area contributed by atoms with E-state index < -0.39 is 0 Å². The van der Waals surface area contributed by atoms with Crippen LogP contribution in [0, 0.1) is 0 Å². The summed E-state index contributed by atoms with van der Waals surface area (Å²) < 4.78 is 0. The SMILES string of the molecule is O=C1c2ccccc2C(=O)N1[C@@H]1CCCN2CCCC[C@H]12. The van der Waals surface area contributed by atoms with Gasteiger partial charge in [0, 0.05) is 6.04 Å². The molecule has 0 unspecified atom stereocenters. The Bertz CT molecular complexity index is 561. The second-order valence-electron chi connectivity index (χ2n) is 6.33. The van der Waals surface area contributed by atoms with Crippen LogP contribution in [0.1, 0.15) is 52.8 Å². The van der Waals surface area contributed by atoms with Crippen molar-refractivity contribution in [1.82, 2.24) is 9.80 Å². The number of piperidine rings is 2. The molecule has 21 heavy (non-hydrogen) atoms. The number of nitrogens with zero attached hydrogens (tertiary/aromatic N) is 2. The molecule has 3 aliphatic rings. The lowest BCUT2D eigenvalue weighted by Crippen LogP contribution is -2.58. The summed E-state index contributed by atoms with van der Waals surface area (Å²) in [6, 6.07) is 7.65. The predicted octanol–water partition coefficient (Wildman–Crippen LogP) is 2.30. The number of carbonyl (C=O) groups is 2. The van der Waals surface area contributed by atoms with Gasteiger partial charge < -0.3 is 0 Å². The van der Waals surface area contributed by atoms with E-state index >= 15 is 0 Å². The molecule has 3 heterocycles. The highest BCUT2D eigenvalue weighted by molar-refractivity contribution is 6.21. The highest BCUT2D eigenvalue weighted by Gasteiger charge is 2.45. The number of imide groups is 1. The van der Waals surface area contributed by atoms with Crippen LogP contribution in [0.15, 0.2) is 24.3 Å². The molecule has 2 amide bonds. The largest absolute Gasteiger partial charge is 0.298 e. The molecule has 0 saturated carbocycles. The van der Waals surface area contributed by atoms with E-state index in [1.807, 2.05) is 12.1 Å². The number of benzene rings is 1. The molecule has 2 saturated heterocycles. The molecule has 0 spiro atoms. The van der Waals surface area contributed by atoms with Crippen molar-refractivity contribution in [3.8, 4) is 0 Å². The van der Waals surface area contributed by atoms with Crippen LogP contribution in [-0.4, -0.2) is 46.8 Å². The van der Waals surface area contributed by atoms with Crippen LogP contribution in [-0.2, 0) is 0 Å². The molecule has 2 fully saturated rings. The molecule has 0 bridgehead atoms. The quantitative estimate of drug-likeness (QED) is 0.743. The Balaban J connectivity index is 1.67. The Morgan fingerprint density at radius 2 is 1.43 bits per heavy atom. The second-order valence-corrected chi connectivity index (χ2v) is 6.33. The van der Waals surface area contributed by atoms with Gasteiger partial charge in [-0.25, -0.2) is 0 Å². The fourth-order valence-electron chi connectivity index (χ4n) is 4.24. The molecule has 110 valence electrons. The van der Waals surface area contributed by atoms with Gasteiger partial charge in [0.05, 0.1) is 17.2 Å². The second kappa shape index (κ2) is 4.95. The molecule has 2 atom stereocenters. The summed E-state index contributed by atoms with van der Waals surface area (Å²) in [7, 11) is 0. The van der Waals surface area contributed by atoms with Crippen molar-refractivity contribution in [2.24, 2.45) is 0 Å². The lowest BCUT2D eigenvalue weighted by atomic mass is 9.88. The third-order valence-corrected chi connectivity index (χ3v) is 5.21. The summed E-state index contributed by atoms with van der Waals surface area (Å²) in [6.07, 6.45) is 5.59. The first kappa shape index (κ1) is 13.0. The van der Waals surface area contributed by atoms with Crippen LogP contribution in [0.5, 0.6) is 0 Å². The summed E-state index contributed by atoms with van der Waals surface area (Å²) >= 11 is 0. The van der Waals surface area contributed by atoms with E-state index in [-0.39, 0.29) is 17.9 Å². The van der Waals surface area contributed by atoms with Crippen LogP contribution in [0.3, 0.4) is 0 Å². The molecule has 3 aliphatic heterocycles. The molecule has 1 aromatic rings. The molecule has 0 N–H and O–H groups in total. The molecule has 4 rings (SSSR count). The number of fused-ring (bicyclic) bond motifs is 2. The number of hydrogen-bond acceptors (Lipinski definition) is 3. The Morgan fingerprint density at radius 3 is 2.14 bits per heavy atom. The van der Waals surface area contributed by atoms with Crippen LogP contribution < -0.4 is 0 Å². The van der Waals surface area contributed by atoms with Gasteiger partial charge in [0.15, 0.2) is 0 Å². The van der Waals surface area contributed by atoms with Crippen molar-refractivity contribution >= 4 is 11.8 Å². The number of carbonyl (C=O) groups excluding carboxylic acids is 2. The van der Waals surface area contributed by atoms with Crippen molar-refractivity contribution in [3.63, 3.8) is 0 Å². The van der Waals surface area contributed by atoms with Crippen LogP contribution >= 0.6 is 0 Å². The zero-order valence-corrected chi connectivity index (χ0v) is 12.1. The van der Waals surface area contributed by atoms with Crippen LogP contribution in [0.4, 0.5) is 0 Å². The highest BCUT2D eigenvalue weighted by Crippen LogP contribution is 2.34. The number of hydrogen-bond donors (Lipinski definition) is 0. The first-order valence-electron chi connectivity index (χ1n) is 7.98. The van der Waals surface area contributed by atoms with Gasteiger partial charge in [-0.1, -0.05) is 18.6 Å². The molecule has 0 aliphatic carbocycles. The molecular weight excluding hydrogens is 264 g/mol. The maximum atomic E-state index is 12.7. The van der Waals surface area contributed by atoms with E-state index in [4.69, 9.17) is 0 Å². The minimum absolute atomic E-state index is 0.0615. The zero-order chi connectivity index (χ0) is 14.4. The summed E-state index contributed by atoms with van der Waals surface area (Å²) in [5.74, 6) is -0.180. The predicted molar refractivity (Wildman–Crippen MR) is 79.2 cm³/mol. The molecule has 4 heteroatoms. The van der Waals surface area contributed by atoms with Crippen molar-refractivity contribution in [2.75, 3.05) is 13.1 Å². The van der Waals surface area contributed by atoms with Gasteiger partial charge in [0.2, 0.25) is 0 Å². The fraction of sp³-hybridized carbons (Fsp3) is 0.529.